The van der Waals surface area contributed by atoms with Crippen LogP contribution in [0.5, 0.6) is 0 Å². The lowest BCUT2D eigenvalue weighted by Gasteiger charge is -2.24. The molecule has 4 heteroatoms. The second kappa shape index (κ2) is 9.42. The molecule has 0 N–H and O–H groups in total. The molecular weight excluding hydrogens is 246 g/mol. The lowest BCUT2D eigenvalue weighted by molar-refractivity contribution is -0.147. The van der Waals surface area contributed by atoms with Crippen LogP contribution in [-0.2, 0) is 9.59 Å². The van der Waals surface area contributed by atoms with E-state index in [2.05, 4.69) is 12.6 Å². The summed E-state index contributed by atoms with van der Waals surface area (Å²) in [5.74, 6) is 1.04. The summed E-state index contributed by atoms with van der Waals surface area (Å²) in [5.41, 5.74) is 0. The fraction of sp³-hybridized carbons (Fsp3) is 0.857. The number of hydrogen-bond donors (Lipinski definition) is 1. The number of hydrogen-bond acceptors (Lipinski definition) is 3. The number of nitrogens with zero attached hydrogens (tertiary/aromatic N) is 1. The number of amides is 2. The Morgan fingerprint density at radius 1 is 0.833 bits per heavy atom. The number of imide groups is 1. The third-order valence-corrected chi connectivity index (χ3v) is 3.74. The minimum absolute atomic E-state index is 0.0278. The second-order valence-corrected chi connectivity index (χ2v) is 5.44. The summed E-state index contributed by atoms with van der Waals surface area (Å²) in [6.07, 6.45) is 10.2. The Balaban J connectivity index is 2.00. The van der Waals surface area contributed by atoms with Gasteiger partial charge in [0, 0.05) is 19.4 Å². The van der Waals surface area contributed by atoms with Crippen molar-refractivity contribution in [3.05, 3.63) is 0 Å². The van der Waals surface area contributed by atoms with Crippen LogP contribution in [0.2, 0.25) is 0 Å². The molecule has 2 amide bonds. The van der Waals surface area contributed by atoms with E-state index in [1.54, 1.807) is 0 Å². The first-order valence-electron chi connectivity index (χ1n) is 7.20. The van der Waals surface area contributed by atoms with Crippen LogP contribution in [0.25, 0.3) is 0 Å². The molecule has 0 radical (unpaired) electrons. The number of likely N-dealkylation sites (tertiary alicyclic amines) is 1. The quantitative estimate of drug-likeness (QED) is 0.397. The summed E-state index contributed by atoms with van der Waals surface area (Å²) in [5, 5.41) is 0. The maximum atomic E-state index is 11.5. The van der Waals surface area contributed by atoms with E-state index >= 15 is 0 Å². The van der Waals surface area contributed by atoms with Crippen molar-refractivity contribution in [1.29, 1.82) is 0 Å². The predicted molar refractivity (Wildman–Crippen MR) is 76.7 cm³/mol. The Hall–Kier alpha value is -0.510. The first-order chi connectivity index (χ1) is 8.75. The van der Waals surface area contributed by atoms with E-state index < -0.39 is 0 Å². The Kier molecular flexibility index (Phi) is 8.14. The van der Waals surface area contributed by atoms with Crippen LogP contribution in [0.1, 0.15) is 64.2 Å². The van der Waals surface area contributed by atoms with Gasteiger partial charge in [-0.25, -0.2) is 0 Å². The molecule has 1 rings (SSSR count). The van der Waals surface area contributed by atoms with Gasteiger partial charge in [0.2, 0.25) is 11.8 Å². The summed E-state index contributed by atoms with van der Waals surface area (Å²) >= 11 is 4.19. The van der Waals surface area contributed by atoms with E-state index in [0.717, 1.165) is 25.0 Å². The van der Waals surface area contributed by atoms with E-state index in [9.17, 15) is 9.59 Å². The van der Waals surface area contributed by atoms with Gasteiger partial charge in [0.15, 0.2) is 0 Å². The van der Waals surface area contributed by atoms with E-state index in [1.165, 1.54) is 37.0 Å². The van der Waals surface area contributed by atoms with Crippen LogP contribution in [0.4, 0.5) is 0 Å². The van der Waals surface area contributed by atoms with Gasteiger partial charge in [0.25, 0.3) is 0 Å². The number of unbranched alkanes of at least 4 members (excludes halogenated alkanes) is 6. The zero-order valence-electron chi connectivity index (χ0n) is 11.2. The molecule has 0 aromatic carbocycles. The normalized spacial score (nSPS) is 16.4. The van der Waals surface area contributed by atoms with Gasteiger partial charge in [0.1, 0.15) is 0 Å². The summed E-state index contributed by atoms with van der Waals surface area (Å²) in [4.78, 5) is 24.5. The maximum Gasteiger partial charge on any atom is 0.229 e. The first-order valence-corrected chi connectivity index (χ1v) is 7.83. The van der Waals surface area contributed by atoms with Gasteiger partial charge < -0.3 is 0 Å². The van der Waals surface area contributed by atoms with Gasteiger partial charge in [-0.3, -0.25) is 14.5 Å². The summed E-state index contributed by atoms with van der Waals surface area (Å²) < 4.78 is 0. The molecule has 1 heterocycles. The molecule has 1 aliphatic rings. The van der Waals surface area contributed by atoms with Crippen molar-refractivity contribution in [3.8, 4) is 0 Å². The lowest BCUT2D eigenvalue weighted by atomic mass is 10.1. The van der Waals surface area contributed by atoms with Crippen LogP contribution in [0.15, 0.2) is 0 Å². The number of carbonyl (C=O) groups is 2. The van der Waals surface area contributed by atoms with E-state index in [0.29, 0.717) is 19.4 Å². The average Bonchev–Trinajstić information content (AvgIpc) is 2.35. The molecule has 104 valence electrons. The molecule has 0 spiro atoms. The SMILES string of the molecule is O=C1CCCC(=O)N1CCCCCCCCCS. The number of rotatable bonds is 9. The van der Waals surface area contributed by atoms with E-state index in [4.69, 9.17) is 0 Å². The summed E-state index contributed by atoms with van der Waals surface area (Å²) in [6.45, 7) is 0.633. The van der Waals surface area contributed by atoms with Crippen LogP contribution < -0.4 is 0 Å². The fourth-order valence-corrected chi connectivity index (χ4v) is 2.54. The highest BCUT2D eigenvalue weighted by Gasteiger charge is 2.24. The summed E-state index contributed by atoms with van der Waals surface area (Å²) in [6, 6.07) is 0. The number of thiol groups is 1. The molecule has 0 aromatic rings. The van der Waals surface area contributed by atoms with Gasteiger partial charge in [-0.1, -0.05) is 32.1 Å². The van der Waals surface area contributed by atoms with Crippen molar-refractivity contribution in [3.63, 3.8) is 0 Å². The average molecular weight is 271 g/mol. The molecule has 0 aliphatic carbocycles. The van der Waals surface area contributed by atoms with Crippen LogP contribution in [-0.4, -0.2) is 29.0 Å². The van der Waals surface area contributed by atoms with Crippen LogP contribution in [0.3, 0.4) is 0 Å². The highest BCUT2D eigenvalue weighted by atomic mass is 32.1. The second-order valence-electron chi connectivity index (χ2n) is 4.99. The Labute approximate surface area is 116 Å². The Morgan fingerprint density at radius 3 is 1.89 bits per heavy atom. The van der Waals surface area contributed by atoms with Crippen molar-refractivity contribution < 1.29 is 9.59 Å². The van der Waals surface area contributed by atoms with Gasteiger partial charge in [-0.05, 0) is 25.0 Å². The van der Waals surface area contributed by atoms with Crippen molar-refractivity contribution >= 4 is 24.4 Å². The molecule has 18 heavy (non-hydrogen) atoms. The number of carbonyl (C=O) groups excluding carboxylic acids is 2. The van der Waals surface area contributed by atoms with E-state index in [-0.39, 0.29) is 11.8 Å². The third-order valence-electron chi connectivity index (χ3n) is 3.42. The molecular formula is C14H25NO2S. The maximum absolute atomic E-state index is 11.5. The highest BCUT2D eigenvalue weighted by Crippen LogP contribution is 2.14. The molecule has 0 saturated carbocycles. The van der Waals surface area contributed by atoms with Gasteiger partial charge in [-0.2, -0.15) is 12.6 Å². The van der Waals surface area contributed by atoms with Gasteiger partial charge >= 0.3 is 0 Å². The summed E-state index contributed by atoms with van der Waals surface area (Å²) in [7, 11) is 0. The monoisotopic (exact) mass is 271 g/mol. The zero-order chi connectivity index (χ0) is 13.2. The van der Waals surface area contributed by atoms with Crippen molar-refractivity contribution in [2.45, 2.75) is 64.2 Å². The Bertz CT molecular complexity index is 253. The molecule has 3 nitrogen and oxygen atoms in total. The van der Waals surface area contributed by atoms with Crippen molar-refractivity contribution in [1.82, 2.24) is 4.90 Å². The lowest BCUT2D eigenvalue weighted by Crippen LogP contribution is -2.40. The minimum atomic E-state index is 0.0278. The zero-order valence-corrected chi connectivity index (χ0v) is 12.1. The van der Waals surface area contributed by atoms with Crippen LogP contribution >= 0.6 is 12.6 Å². The van der Waals surface area contributed by atoms with Crippen molar-refractivity contribution in [2.24, 2.45) is 0 Å². The van der Waals surface area contributed by atoms with Gasteiger partial charge in [-0.15, -0.1) is 0 Å². The molecule has 0 bridgehead atoms. The molecule has 0 aromatic heterocycles. The highest BCUT2D eigenvalue weighted by molar-refractivity contribution is 7.80. The fourth-order valence-electron chi connectivity index (χ4n) is 2.31. The van der Waals surface area contributed by atoms with E-state index in [1.807, 2.05) is 0 Å². The van der Waals surface area contributed by atoms with Crippen LogP contribution in [0, 0.1) is 0 Å². The minimum Gasteiger partial charge on any atom is -0.283 e. The standard InChI is InChI=1S/C14H25NO2S/c16-13-9-8-10-14(17)15(13)11-6-4-2-1-3-5-7-12-18/h18H,1-12H2. The largest absolute Gasteiger partial charge is 0.283 e. The molecule has 1 fully saturated rings. The Morgan fingerprint density at radius 2 is 1.33 bits per heavy atom. The molecule has 1 aliphatic heterocycles. The predicted octanol–water partition coefficient (Wildman–Crippen LogP) is 3.19. The topological polar surface area (TPSA) is 37.4 Å². The third kappa shape index (κ3) is 5.89. The smallest absolute Gasteiger partial charge is 0.229 e. The molecule has 1 saturated heterocycles. The molecule has 0 atom stereocenters. The number of piperidine rings is 1. The van der Waals surface area contributed by atoms with Crippen molar-refractivity contribution in [2.75, 3.05) is 12.3 Å². The molecule has 0 unspecified atom stereocenters. The van der Waals surface area contributed by atoms with Gasteiger partial charge in [0.05, 0.1) is 0 Å². The first kappa shape index (κ1) is 15.5.